The number of rotatable bonds is 2. The molecule has 160 valence electrons. The van der Waals surface area contributed by atoms with Crippen LogP contribution in [0.4, 0.5) is 13.2 Å². The zero-order valence-corrected chi connectivity index (χ0v) is 17.3. The molecule has 4 aromatic rings. The highest BCUT2D eigenvalue weighted by Crippen LogP contribution is 2.36. The molecule has 0 saturated heterocycles. The fourth-order valence-corrected chi connectivity index (χ4v) is 3.89. The Bertz CT molecular complexity index is 1290. The number of fused-ring (bicyclic) bond motifs is 1. The van der Waals surface area contributed by atoms with Crippen LogP contribution in [0.2, 0.25) is 5.02 Å². The molecule has 3 aromatic heterocycles. The lowest BCUT2D eigenvalue weighted by molar-refractivity contribution is -0.192. The fraction of sp³-hybridized carbons (Fsp3) is 0.100. The molecule has 6 nitrogen and oxygen atoms in total. The summed E-state index contributed by atoms with van der Waals surface area (Å²) in [6.45, 7) is 0. The van der Waals surface area contributed by atoms with Gasteiger partial charge in [-0.25, -0.2) is 9.48 Å². The number of carboxylic acid groups (broad SMARTS) is 1. The third kappa shape index (κ3) is 4.92. The van der Waals surface area contributed by atoms with Crippen molar-refractivity contribution < 1.29 is 23.1 Å². The van der Waals surface area contributed by atoms with Gasteiger partial charge in [-0.2, -0.15) is 18.3 Å². The number of aliphatic carboxylic acids is 1. The van der Waals surface area contributed by atoms with Crippen LogP contribution in [0.3, 0.4) is 0 Å². The van der Waals surface area contributed by atoms with Crippen molar-refractivity contribution in [2.24, 2.45) is 7.05 Å². The maximum atomic E-state index is 12.7. The number of hydrogen-bond acceptors (Lipinski definition) is 5. The van der Waals surface area contributed by atoms with Gasteiger partial charge >= 0.3 is 12.1 Å². The van der Waals surface area contributed by atoms with Crippen molar-refractivity contribution in [2.75, 3.05) is 0 Å². The summed E-state index contributed by atoms with van der Waals surface area (Å²) in [5, 5.41) is 15.0. The first-order valence-corrected chi connectivity index (χ1v) is 9.80. The van der Waals surface area contributed by atoms with E-state index in [1.54, 1.807) is 19.4 Å². The highest BCUT2D eigenvalue weighted by Gasteiger charge is 2.38. The van der Waals surface area contributed by atoms with E-state index in [0.717, 1.165) is 27.1 Å². The first kappa shape index (κ1) is 22.4. The Morgan fingerprint density at radius 3 is 2.23 bits per heavy atom. The van der Waals surface area contributed by atoms with Gasteiger partial charge in [0.15, 0.2) is 0 Å². The molecule has 1 aromatic carbocycles. The van der Waals surface area contributed by atoms with Crippen LogP contribution in [-0.4, -0.2) is 32.0 Å². The standard InChI is InChI=1S/C18H12ClN3OS.C2HF3O2/c1-22-18(23)15-14(11-6-8-20-9-7-11)10-24-17(15)16(21-22)12-2-4-13(19)5-3-12;3-2(4,5)1(6)7/h2-10H,1H3;(H,6,7). The van der Waals surface area contributed by atoms with E-state index in [1.807, 2.05) is 41.8 Å². The first-order valence-electron chi connectivity index (χ1n) is 8.54. The minimum absolute atomic E-state index is 0.101. The summed E-state index contributed by atoms with van der Waals surface area (Å²) in [6, 6.07) is 11.3. The number of hydrogen-bond donors (Lipinski definition) is 1. The van der Waals surface area contributed by atoms with E-state index in [2.05, 4.69) is 10.1 Å². The zero-order valence-electron chi connectivity index (χ0n) is 15.7. The summed E-state index contributed by atoms with van der Waals surface area (Å²) >= 11 is 7.51. The van der Waals surface area contributed by atoms with Crippen LogP contribution in [-0.2, 0) is 11.8 Å². The Morgan fingerprint density at radius 2 is 1.68 bits per heavy atom. The summed E-state index contributed by atoms with van der Waals surface area (Å²) in [7, 11) is 1.68. The van der Waals surface area contributed by atoms with Gasteiger partial charge in [0.05, 0.1) is 10.1 Å². The van der Waals surface area contributed by atoms with Gasteiger partial charge in [-0.3, -0.25) is 9.78 Å². The Labute approximate surface area is 182 Å². The zero-order chi connectivity index (χ0) is 22.8. The van der Waals surface area contributed by atoms with Gasteiger partial charge in [-0.05, 0) is 29.8 Å². The highest BCUT2D eigenvalue weighted by atomic mass is 35.5. The van der Waals surface area contributed by atoms with E-state index in [0.29, 0.717) is 10.4 Å². The predicted octanol–water partition coefficient (Wildman–Crippen LogP) is 5.01. The second-order valence-corrected chi connectivity index (χ2v) is 7.49. The van der Waals surface area contributed by atoms with Gasteiger partial charge in [0.25, 0.3) is 5.56 Å². The van der Waals surface area contributed by atoms with Crippen LogP contribution >= 0.6 is 22.9 Å². The number of pyridine rings is 1. The molecule has 0 spiro atoms. The van der Waals surface area contributed by atoms with E-state index >= 15 is 0 Å². The van der Waals surface area contributed by atoms with Gasteiger partial charge < -0.3 is 5.11 Å². The average molecular weight is 468 g/mol. The SMILES string of the molecule is Cn1nc(-c2ccc(Cl)cc2)c2scc(-c3ccncc3)c2c1=O.O=C(O)C(F)(F)F. The number of benzene rings is 1. The molecule has 0 atom stereocenters. The number of halogens is 4. The predicted molar refractivity (Wildman–Crippen MR) is 112 cm³/mol. The van der Waals surface area contributed by atoms with Gasteiger partial charge in [-0.15, -0.1) is 11.3 Å². The van der Waals surface area contributed by atoms with Crippen molar-refractivity contribution >= 4 is 39.0 Å². The molecular formula is C20H13ClF3N3O3S. The molecule has 4 rings (SSSR count). The van der Waals surface area contributed by atoms with Crippen LogP contribution in [0.1, 0.15) is 0 Å². The Balaban J connectivity index is 0.000000339. The summed E-state index contributed by atoms with van der Waals surface area (Å²) in [4.78, 5) is 25.6. The molecule has 0 aliphatic rings. The van der Waals surface area contributed by atoms with E-state index in [-0.39, 0.29) is 5.56 Å². The summed E-state index contributed by atoms with van der Waals surface area (Å²) < 4.78 is 34.0. The quantitative estimate of drug-likeness (QED) is 0.448. The second-order valence-electron chi connectivity index (χ2n) is 6.18. The van der Waals surface area contributed by atoms with Crippen molar-refractivity contribution in [1.82, 2.24) is 14.8 Å². The largest absolute Gasteiger partial charge is 0.490 e. The second kappa shape index (κ2) is 8.86. The van der Waals surface area contributed by atoms with Crippen LogP contribution in [0.5, 0.6) is 0 Å². The molecule has 0 fully saturated rings. The maximum Gasteiger partial charge on any atom is 0.490 e. The molecule has 0 radical (unpaired) electrons. The summed E-state index contributed by atoms with van der Waals surface area (Å²) in [5.41, 5.74) is 3.50. The number of alkyl halides is 3. The molecule has 0 aliphatic heterocycles. The molecule has 0 unspecified atom stereocenters. The van der Waals surface area contributed by atoms with E-state index in [9.17, 15) is 18.0 Å². The van der Waals surface area contributed by atoms with Crippen molar-refractivity contribution in [3.63, 3.8) is 0 Å². The Morgan fingerprint density at radius 1 is 1.10 bits per heavy atom. The molecule has 0 aliphatic carbocycles. The Hall–Kier alpha value is -3.24. The summed E-state index contributed by atoms with van der Waals surface area (Å²) in [5.74, 6) is -2.76. The monoisotopic (exact) mass is 467 g/mol. The highest BCUT2D eigenvalue weighted by molar-refractivity contribution is 7.18. The molecule has 0 bridgehead atoms. The molecule has 3 heterocycles. The topological polar surface area (TPSA) is 85.1 Å². The Kier molecular flexibility index (Phi) is 6.42. The van der Waals surface area contributed by atoms with Crippen LogP contribution in [0, 0.1) is 0 Å². The lowest BCUT2D eigenvalue weighted by Crippen LogP contribution is -2.21. The van der Waals surface area contributed by atoms with Gasteiger partial charge in [0, 0.05) is 41.0 Å². The lowest BCUT2D eigenvalue weighted by atomic mass is 10.1. The lowest BCUT2D eigenvalue weighted by Gasteiger charge is -2.07. The van der Waals surface area contributed by atoms with Gasteiger partial charge in [-0.1, -0.05) is 23.7 Å². The normalized spacial score (nSPS) is 11.1. The van der Waals surface area contributed by atoms with Crippen LogP contribution < -0.4 is 5.56 Å². The molecule has 31 heavy (non-hydrogen) atoms. The molecule has 11 heteroatoms. The number of aryl methyl sites for hydroxylation is 1. The van der Waals surface area contributed by atoms with E-state index in [1.165, 1.54) is 16.0 Å². The molecular weight excluding hydrogens is 455 g/mol. The number of nitrogens with zero attached hydrogens (tertiary/aromatic N) is 3. The van der Waals surface area contributed by atoms with Crippen LogP contribution in [0.25, 0.3) is 32.5 Å². The third-order valence-corrected chi connectivity index (χ3v) is 5.35. The first-order chi connectivity index (χ1) is 14.6. The number of carboxylic acids is 1. The fourth-order valence-electron chi connectivity index (χ4n) is 2.69. The minimum Gasteiger partial charge on any atom is -0.475 e. The number of thiophene rings is 1. The molecule has 0 saturated carbocycles. The maximum absolute atomic E-state index is 12.7. The van der Waals surface area contributed by atoms with E-state index in [4.69, 9.17) is 21.5 Å². The van der Waals surface area contributed by atoms with Crippen molar-refractivity contribution in [2.45, 2.75) is 6.18 Å². The minimum atomic E-state index is -5.08. The molecule has 0 amide bonds. The summed E-state index contributed by atoms with van der Waals surface area (Å²) in [6.07, 6.45) is -1.63. The number of carbonyl (C=O) groups is 1. The molecule has 1 N–H and O–H groups in total. The van der Waals surface area contributed by atoms with Gasteiger partial charge in [0.1, 0.15) is 5.69 Å². The van der Waals surface area contributed by atoms with Crippen LogP contribution in [0.15, 0.2) is 59.0 Å². The number of aromatic nitrogens is 3. The van der Waals surface area contributed by atoms with Crippen molar-refractivity contribution in [1.29, 1.82) is 0 Å². The average Bonchev–Trinajstić information content (AvgIpc) is 3.17. The van der Waals surface area contributed by atoms with Crippen molar-refractivity contribution in [3.05, 3.63) is 69.5 Å². The van der Waals surface area contributed by atoms with Gasteiger partial charge in [0.2, 0.25) is 0 Å². The van der Waals surface area contributed by atoms with E-state index < -0.39 is 12.1 Å². The van der Waals surface area contributed by atoms with Crippen molar-refractivity contribution in [3.8, 4) is 22.4 Å². The third-order valence-electron chi connectivity index (χ3n) is 4.12. The smallest absolute Gasteiger partial charge is 0.475 e.